The molecule has 0 radical (unpaired) electrons. The van der Waals surface area contributed by atoms with Crippen molar-refractivity contribution in [3.8, 4) is 11.5 Å². The summed E-state index contributed by atoms with van der Waals surface area (Å²) in [5.41, 5.74) is 3.86. The highest BCUT2D eigenvalue weighted by atomic mass is 32.1. The maximum absolute atomic E-state index is 13.0. The highest BCUT2D eigenvalue weighted by Crippen LogP contribution is 2.25. The van der Waals surface area contributed by atoms with Crippen LogP contribution in [0.5, 0.6) is 11.5 Å². The van der Waals surface area contributed by atoms with Gasteiger partial charge in [-0.2, -0.15) is 5.10 Å². The molecule has 0 heterocycles. The summed E-state index contributed by atoms with van der Waals surface area (Å²) in [5, 5.41) is 16.5. The lowest BCUT2D eigenvalue weighted by Gasteiger charge is -2.07. The Morgan fingerprint density at radius 2 is 2.14 bits per heavy atom. The van der Waals surface area contributed by atoms with Gasteiger partial charge in [-0.15, -0.1) is 0 Å². The Morgan fingerprint density at radius 3 is 2.86 bits per heavy atom. The molecule has 5 nitrogen and oxygen atoms in total. The van der Waals surface area contributed by atoms with Crippen LogP contribution in [0, 0.1) is 5.82 Å². The molecule has 0 saturated carbocycles. The van der Waals surface area contributed by atoms with Gasteiger partial charge in [0.15, 0.2) is 16.6 Å². The Bertz CT molecular complexity index is 707. The van der Waals surface area contributed by atoms with Crippen LogP contribution in [0.3, 0.4) is 0 Å². The summed E-state index contributed by atoms with van der Waals surface area (Å²) in [4.78, 5) is 0. The number of rotatable bonds is 4. The molecule has 3 N–H and O–H groups in total. The number of aromatic hydroxyl groups is 1. The summed E-state index contributed by atoms with van der Waals surface area (Å²) in [6, 6.07) is 10.7. The second kappa shape index (κ2) is 7.37. The molecular weight excluding hydrogens is 305 g/mol. The minimum Gasteiger partial charge on any atom is -0.504 e. The lowest BCUT2D eigenvalue weighted by Crippen LogP contribution is -2.23. The summed E-state index contributed by atoms with van der Waals surface area (Å²) in [5.74, 6) is 0.0489. The zero-order valence-corrected chi connectivity index (χ0v) is 12.5. The summed E-state index contributed by atoms with van der Waals surface area (Å²) >= 11 is 5.04. The third-order valence-electron chi connectivity index (χ3n) is 2.67. The van der Waals surface area contributed by atoms with E-state index < -0.39 is 0 Å². The van der Waals surface area contributed by atoms with Crippen molar-refractivity contribution in [2.75, 3.05) is 12.4 Å². The number of nitrogens with zero attached hydrogens (tertiary/aromatic N) is 1. The van der Waals surface area contributed by atoms with E-state index in [2.05, 4.69) is 15.8 Å². The van der Waals surface area contributed by atoms with Crippen LogP contribution in [0.4, 0.5) is 10.1 Å². The predicted molar refractivity (Wildman–Crippen MR) is 88.0 cm³/mol. The van der Waals surface area contributed by atoms with E-state index in [0.717, 1.165) is 5.56 Å². The number of methoxy groups -OCH3 is 1. The molecule has 7 heteroatoms. The summed E-state index contributed by atoms with van der Waals surface area (Å²) in [7, 11) is 1.46. The van der Waals surface area contributed by atoms with Crippen molar-refractivity contribution in [1.29, 1.82) is 0 Å². The molecule has 2 aromatic carbocycles. The SMILES string of the molecule is COc1cc(C=NNC(=S)Nc2cccc(F)c2)ccc1O. The van der Waals surface area contributed by atoms with Crippen LogP contribution in [0.1, 0.15) is 5.56 Å². The molecule has 0 aliphatic heterocycles. The molecule has 22 heavy (non-hydrogen) atoms. The van der Waals surface area contributed by atoms with Gasteiger partial charge in [-0.3, -0.25) is 5.43 Å². The third-order valence-corrected chi connectivity index (χ3v) is 2.86. The van der Waals surface area contributed by atoms with Crippen molar-refractivity contribution in [2.45, 2.75) is 0 Å². The maximum atomic E-state index is 13.0. The fourth-order valence-corrected chi connectivity index (χ4v) is 1.84. The summed E-state index contributed by atoms with van der Waals surface area (Å²) in [6.07, 6.45) is 1.52. The van der Waals surface area contributed by atoms with Gasteiger partial charge < -0.3 is 15.2 Å². The molecule has 0 atom stereocenters. The van der Waals surface area contributed by atoms with Gasteiger partial charge in [0.25, 0.3) is 0 Å². The standard InChI is InChI=1S/C15H14FN3O2S/c1-21-14-7-10(5-6-13(14)20)9-17-19-15(22)18-12-4-2-3-11(16)8-12/h2-9,20H,1H3,(H2,18,19,22). The van der Waals surface area contributed by atoms with Crippen molar-refractivity contribution in [3.05, 3.63) is 53.8 Å². The Labute approximate surface area is 132 Å². The third kappa shape index (κ3) is 4.42. The van der Waals surface area contributed by atoms with Crippen molar-refractivity contribution >= 4 is 29.2 Å². The monoisotopic (exact) mass is 319 g/mol. The van der Waals surface area contributed by atoms with Crippen LogP contribution in [-0.4, -0.2) is 23.5 Å². The van der Waals surface area contributed by atoms with E-state index >= 15 is 0 Å². The molecule has 0 saturated heterocycles. The number of ether oxygens (including phenoxy) is 1. The van der Waals surface area contributed by atoms with Crippen molar-refractivity contribution in [3.63, 3.8) is 0 Å². The number of benzene rings is 2. The number of halogens is 1. The molecule has 0 unspecified atom stereocenters. The molecule has 0 aromatic heterocycles. The molecule has 2 rings (SSSR count). The van der Waals surface area contributed by atoms with E-state index in [-0.39, 0.29) is 16.7 Å². The topological polar surface area (TPSA) is 65.9 Å². The number of hydrogen-bond acceptors (Lipinski definition) is 4. The van der Waals surface area contributed by atoms with Gasteiger partial charge in [-0.1, -0.05) is 6.07 Å². The molecule has 0 bridgehead atoms. The Balaban J connectivity index is 1.93. The normalized spacial score (nSPS) is 10.5. The number of nitrogens with one attached hydrogen (secondary N) is 2. The molecule has 0 aliphatic rings. The van der Waals surface area contributed by atoms with Gasteiger partial charge >= 0.3 is 0 Å². The lowest BCUT2D eigenvalue weighted by molar-refractivity contribution is 0.373. The van der Waals surface area contributed by atoms with Gasteiger partial charge in [0, 0.05) is 5.69 Å². The van der Waals surface area contributed by atoms with E-state index in [1.165, 1.54) is 31.5 Å². The van der Waals surface area contributed by atoms with Gasteiger partial charge in [0.2, 0.25) is 0 Å². The summed E-state index contributed by atoms with van der Waals surface area (Å²) in [6.45, 7) is 0. The highest BCUT2D eigenvalue weighted by Gasteiger charge is 2.01. The van der Waals surface area contributed by atoms with Crippen molar-refractivity contribution < 1.29 is 14.2 Å². The highest BCUT2D eigenvalue weighted by molar-refractivity contribution is 7.80. The first-order valence-electron chi connectivity index (χ1n) is 6.31. The minimum absolute atomic E-state index is 0.0518. The molecule has 0 amide bonds. The van der Waals surface area contributed by atoms with Gasteiger partial charge in [-0.25, -0.2) is 4.39 Å². The first-order valence-corrected chi connectivity index (χ1v) is 6.72. The Morgan fingerprint density at radius 1 is 1.32 bits per heavy atom. The lowest BCUT2D eigenvalue weighted by atomic mass is 10.2. The van der Waals surface area contributed by atoms with E-state index in [1.54, 1.807) is 24.3 Å². The molecule has 0 fully saturated rings. The first-order chi connectivity index (χ1) is 10.6. The number of thiocarbonyl (C=S) groups is 1. The number of hydrazone groups is 1. The number of phenolic OH excluding ortho intramolecular Hbond substituents is 1. The van der Waals surface area contributed by atoms with Crippen molar-refractivity contribution in [2.24, 2.45) is 5.10 Å². The zero-order chi connectivity index (χ0) is 15.9. The fraction of sp³-hybridized carbons (Fsp3) is 0.0667. The van der Waals surface area contributed by atoms with Gasteiger partial charge in [0.05, 0.1) is 13.3 Å². The Hall–Kier alpha value is -2.67. The van der Waals surface area contributed by atoms with Crippen LogP contribution in [0.15, 0.2) is 47.6 Å². The van der Waals surface area contributed by atoms with Crippen molar-refractivity contribution in [1.82, 2.24) is 5.43 Å². The predicted octanol–water partition coefficient (Wildman–Crippen LogP) is 2.86. The van der Waals surface area contributed by atoms with Gasteiger partial charge in [0.1, 0.15) is 5.82 Å². The van der Waals surface area contributed by atoms with E-state index in [9.17, 15) is 9.50 Å². The smallest absolute Gasteiger partial charge is 0.191 e. The molecular formula is C15H14FN3O2S. The second-order valence-corrected chi connectivity index (χ2v) is 4.67. The number of hydrogen-bond donors (Lipinski definition) is 3. The van der Waals surface area contributed by atoms with Crippen LogP contribution < -0.4 is 15.5 Å². The van der Waals surface area contributed by atoms with E-state index in [4.69, 9.17) is 17.0 Å². The molecule has 2 aromatic rings. The van der Waals surface area contributed by atoms with Crippen LogP contribution in [0.25, 0.3) is 0 Å². The number of phenols is 1. The first kappa shape index (κ1) is 15.7. The number of anilines is 1. The minimum atomic E-state index is -0.354. The second-order valence-electron chi connectivity index (χ2n) is 4.27. The molecule has 0 spiro atoms. The van der Waals surface area contributed by atoms with Gasteiger partial charge in [-0.05, 0) is 54.2 Å². The van der Waals surface area contributed by atoms with Crippen LogP contribution >= 0.6 is 12.2 Å². The summed E-state index contributed by atoms with van der Waals surface area (Å²) < 4.78 is 18.0. The Kier molecular flexibility index (Phi) is 5.26. The molecule has 114 valence electrons. The van der Waals surface area contributed by atoms with Crippen LogP contribution in [-0.2, 0) is 0 Å². The quantitative estimate of drug-likeness (QED) is 0.459. The largest absolute Gasteiger partial charge is 0.504 e. The average Bonchev–Trinajstić information content (AvgIpc) is 2.49. The van der Waals surface area contributed by atoms with E-state index in [1.807, 2.05) is 0 Å². The zero-order valence-electron chi connectivity index (χ0n) is 11.7. The molecule has 0 aliphatic carbocycles. The maximum Gasteiger partial charge on any atom is 0.191 e. The fourth-order valence-electron chi connectivity index (χ4n) is 1.67. The average molecular weight is 319 g/mol. The van der Waals surface area contributed by atoms with E-state index in [0.29, 0.717) is 11.4 Å². The van der Waals surface area contributed by atoms with Crippen LogP contribution in [0.2, 0.25) is 0 Å².